The molecule has 0 saturated carbocycles. The van der Waals surface area contributed by atoms with Crippen molar-refractivity contribution in [3.63, 3.8) is 0 Å². The van der Waals surface area contributed by atoms with Crippen LogP contribution in [-0.4, -0.2) is 31.1 Å². The third kappa shape index (κ3) is 5.15. The van der Waals surface area contributed by atoms with Gasteiger partial charge in [-0.05, 0) is 27.7 Å². The number of aromatic nitrogens is 1. The SMILES string of the molecule is CCNC(=NCc1ncc(C)c(OC)c1C)NCC.I. The monoisotopic (exact) mass is 392 g/mol. The summed E-state index contributed by atoms with van der Waals surface area (Å²) < 4.78 is 5.40. The van der Waals surface area contributed by atoms with E-state index in [0.717, 1.165) is 41.6 Å². The molecule has 0 unspecified atom stereocenters. The molecule has 6 heteroatoms. The molecule has 5 nitrogen and oxygen atoms in total. The Hall–Kier alpha value is -1.05. The fraction of sp³-hybridized carbons (Fsp3) is 0.571. The zero-order chi connectivity index (χ0) is 14.3. The normalized spacial score (nSPS) is 9.45. The van der Waals surface area contributed by atoms with E-state index in [2.05, 4.69) is 20.6 Å². The van der Waals surface area contributed by atoms with Crippen molar-refractivity contribution in [2.45, 2.75) is 34.2 Å². The lowest BCUT2D eigenvalue weighted by molar-refractivity contribution is 0.407. The molecular weight excluding hydrogens is 367 g/mol. The molecule has 2 N–H and O–H groups in total. The maximum Gasteiger partial charge on any atom is 0.191 e. The Kier molecular flexibility index (Phi) is 9.28. The molecule has 20 heavy (non-hydrogen) atoms. The van der Waals surface area contributed by atoms with E-state index in [4.69, 9.17) is 4.74 Å². The van der Waals surface area contributed by atoms with Gasteiger partial charge in [-0.15, -0.1) is 24.0 Å². The van der Waals surface area contributed by atoms with Crippen LogP contribution in [0.4, 0.5) is 0 Å². The summed E-state index contributed by atoms with van der Waals surface area (Å²) in [4.78, 5) is 8.95. The number of nitrogens with zero attached hydrogens (tertiary/aromatic N) is 2. The Morgan fingerprint density at radius 1 is 1.25 bits per heavy atom. The summed E-state index contributed by atoms with van der Waals surface area (Å²) in [6.07, 6.45) is 1.83. The van der Waals surface area contributed by atoms with Gasteiger partial charge in [0.05, 0.1) is 19.3 Å². The van der Waals surface area contributed by atoms with Crippen molar-refractivity contribution in [2.75, 3.05) is 20.2 Å². The van der Waals surface area contributed by atoms with Gasteiger partial charge in [0.2, 0.25) is 0 Å². The van der Waals surface area contributed by atoms with Gasteiger partial charge in [-0.2, -0.15) is 0 Å². The molecular formula is C14H25IN4O. The molecule has 0 spiro atoms. The van der Waals surface area contributed by atoms with E-state index < -0.39 is 0 Å². The Balaban J connectivity index is 0.00000361. The zero-order valence-corrected chi connectivity index (χ0v) is 15.2. The predicted molar refractivity (Wildman–Crippen MR) is 94.2 cm³/mol. The lowest BCUT2D eigenvalue weighted by atomic mass is 10.1. The average Bonchev–Trinajstić information content (AvgIpc) is 2.39. The zero-order valence-electron chi connectivity index (χ0n) is 12.9. The maximum atomic E-state index is 5.40. The standard InChI is InChI=1S/C14H24N4O.HI/c1-6-15-14(16-7-2)18-9-12-11(4)13(19-5)10(3)8-17-12;/h8H,6-7,9H2,1-5H3,(H2,15,16,18);1H. The summed E-state index contributed by atoms with van der Waals surface area (Å²) in [6.45, 7) is 10.3. The summed E-state index contributed by atoms with van der Waals surface area (Å²) >= 11 is 0. The van der Waals surface area contributed by atoms with E-state index in [-0.39, 0.29) is 24.0 Å². The molecule has 114 valence electrons. The van der Waals surface area contributed by atoms with Gasteiger partial charge < -0.3 is 15.4 Å². The van der Waals surface area contributed by atoms with E-state index in [1.807, 2.05) is 33.9 Å². The second-order valence-corrected chi connectivity index (χ2v) is 4.27. The van der Waals surface area contributed by atoms with E-state index in [1.54, 1.807) is 7.11 Å². The third-order valence-electron chi connectivity index (χ3n) is 2.83. The second kappa shape index (κ2) is 9.79. The number of aliphatic imine (C=N–C) groups is 1. The van der Waals surface area contributed by atoms with Crippen molar-refractivity contribution in [1.29, 1.82) is 0 Å². The highest BCUT2D eigenvalue weighted by atomic mass is 127. The van der Waals surface area contributed by atoms with Gasteiger partial charge in [0.25, 0.3) is 0 Å². The molecule has 0 aliphatic rings. The molecule has 0 aliphatic heterocycles. The van der Waals surface area contributed by atoms with E-state index in [1.165, 1.54) is 0 Å². The van der Waals surface area contributed by atoms with Gasteiger partial charge in [-0.3, -0.25) is 4.98 Å². The third-order valence-corrected chi connectivity index (χ3v) is 2.83. The number of nitrogens with one attached hydrogen (secondary N) is 2. The molecule has 0 bridgehead atoms. The van der Waals surface area contributed by atoms with Crippen LogP contribution in [0.15, 0.2) is 11.2 Å². The van der Waals surface area contributed by atoms with E-state index >= 15 is 0 Å². The van der Waals surface area contributed by atoms with Gasteiger partial charge in [-0.1, -0.05) is 0 Å². The van der Waals surface area contributed by atoms with Crippen LogP contribution in [0.2, 0.25) is 0 Å². The number of hydrogen-bond donors (Lipinski definition) is 2. The largest absolute Gasteiger partial charge is 0.496 e. The lowest BCUT2D eigenvalue weighted by Gasteiger charge is -2.12. The Morgan fingerprint density at radius 2 is 1.85 bits per heavy atom. The molecule has 0 radical (unpaired) electrons. The van der Waals surface area contributed by atoms with Crippen LogP contribution in [-0.2, 0) is 6.54 Å². The smallest absolute Gasteiger partial charge is 0.191 e. The molecule has 0 atom stereocenters. The number of methoxy groups -OCH3 is 1. The van der Waals surface area contributed by atoms with Crippen molar-refractivity contribution in [2.24, 2.45) is 4.99 Å². The van der Waals surface area contributed by atoms with Crippen molar-refractivity contribution >= 4 is 29.9 Å². The Bertz CT molecular complexity index is 441. The molecule has 0 aromatic carbocycles. The fourth-order valence-electron chi connectivity index (χ4n) is 1.89. The van der Waals surface area contributed by atoms with E-state index in [0.29, 0.717) is 6.54 Å². The number of rotatable bonds is 5. The number of hydrogen-bond acceptors (Lipinski definition) is 3. The van der Waals surface area contributed by atoms with Gasteiger partial charge in [-0.25, -0.2) is 4.99 Å². The number of ether oxygens (including phenoxy) is 1. The van der Waals surface area contributed by atoms with Crippen LogP contribution in [0.3, 0.4) is 0 Å². The molecule has 0 amide bonds. The van der Waals surface area contributed by atoms with Gasteiger partial charge in [0.1, 0.15) is 5.75 Å². The molecule has 1 aromatic rings. The van der Waals surface area contributed by atoms with Crippen LogP contribution in [0.1, 0.15) is 30.7 Å². The van der Waals surface area contributed by atoms with Gasteiger partial charge in [0.15, 0.2) is 5.96 Å². The number of guanidine groups is 1. The molecule has 1 rings (SSSR count). The van der Waals surface area contributed by atoms with Crippen molar-refractivity contribution in [3.05, 3.63) is 23.0 Å². The minimum Gasteiger partial charge on any atom is -0.496 e. The van der Waals surface area contributed by atoms with Gasteiger partial charge in [0, 0.05) is 30.4 Å². The first-order chi connectivity index (χ1) is 9.13. The van der Waals surface area contributed by atoms with Crippen LogP contribution < -0.4 is 15.4 Å². The highest BCUT2D eigenvalue weighted by molar-refractivity contribution is 14.0. The first-order valence-electron chi connectivity index (χ1n) is 6.65. The molecule has 0 saturated heterocycles. The van der Waals surface area contributed by atoms with Crippen molar-refractivity contribution in [3.8, 4) is 5.75 Å². The summed E-state index contributed by atoms with van der Waals surface area (Å²) in [7, 11) is 1.69. The minimum atomic E-state index is 0. The summed E-state index contributed by atoms with van der Waals surface area (Å²) in [5, 5.41) is 6.39. The van der Waals surface area contributed by atoms with Crippen LogP contribution in [0.5, 0.6) is 5.75 Å². The summed E-state index contributed by atoms with van der Waals surface area (Å²) in [6, 6.07) is 0. The molecule has 0 fully saturated rings. The van der Waals surface area contributed by atoms with Crippen LogP contribution >= 0.6 is 24.0 Å². The lowest BCUT2D eigenvalue weighted by Crippen LogP contribution is -2.37. The first kappa shape index (κ1) is 18.9. The summed E-state index contributed by atoms with van der Waals surface area (Å²) in [5.74, 6) is 1.71. The quantitative estimate of drug-likeness (QED) is 0.459. The van der Waals surface area contributed by atoms with Crippen LogP contribution in [0.25, 0.3) is 0 Å². The highest BCUT2D eigenvalue weighted by Gasteiger charge is 2.09. The van der Waals surface area contributed by atoms with Crippen molar-refractivity contribution < 1.29 is 4.74 Å². The number of pyridine rings is 1. The molecule has 0 aliphatic carbocycles. The number of halogens is 1. The Labute approximate surface area is 138 Å². The highest BCUT2D eigenvalue weighted by Crippen LogP contribution is 2.24. The van der Waals surface area contributed by atoms with E-state index in [9.17, 15) is 0 Å². The fourth-order valence-corrected chi connectivity index (χ4v) is 1.89. The van der Waals surface area contributed by atoms with Crippen molar-refractivity contribution in [1.82, 2.24) is 15.6 Å². The first-order valence-corrected chi connectivity index (χ1v) is 6.65. The average molecular weight is 392 g/mol. The predicted octanol–water partition coefficient (Wildman–Crippen LogP) is 2.40. The second-order valence-electron chi connectivity index (χ2n) is 4.27. The topological polar surface area (TPSA) is 58.5 Å². The molecule has 1 aromatic heterocycles. The number of aryl methyl sites for hydroxylation is 1. The minimum absolute atomic E-state index is 0. The Morgan fingerprint density at radius 3 is 2.35 bits per heavy atom. The van der Waals surface area contributed by atoms with Crippen LogP contribution in [0, 0.1) is 13.8 Å². The maximum absolute atomic E-state index is 5.40. The van der Waals surface area contributed by atoms with Gasteiger partial charge >= 0.3 is 0 Å². The summed E-state index contributed by atoms with van der Waals surface area (Å²) in [5.41, 5.74) is 3.04. The molecule has 1 heterocycles.